The summed E-state index contributed by atoms with van der Waals surface area (Å²) < 4.78 is 0. The van der Waals surface area contributed by atoms with E-state index in [0.29, 0.717) is 11.3 Å². The fourth-order valence-corrected chi connectivity index (χ4v) is 2.57. The van der Waals surface area contributed by atoms with Gasteiger partial charge in [-0.15, -0.1) is 0 Å². The molecule has 0 aromatic rings. The van der Waals surface area contributed by atoms with Gasteiger partial charge in [0.2, 0.25) is 5.91 Å². The molecule has 1 heterocycles. The number of piperidine rings is 1. The second-order valence-corrected chi connectivity index (χ2v) is 6.04. The van der Waals surface area contributed by atoms with Crippen molar-refractivity contribution in [1.82, 2.24) is 4.90 Å². The van der Waals surface area contributed by atoms with Gasteiger partial charge in [0, 0.05) is 19.5 Å². The van der Waals surface area contributed by atoms with Crippen LogP contribution in [0.4, 0.5) is 0 Å². The molecule has 0 spiro atoms. The minimum absolute atomic E-state index is 0.313. The lowest BCUT2D eigenvalue weighted by atomic mass is 9.84. The predicted molar refractivity (Wildman–Crippen MR) is 71.7 cm³/mol. The maximum Gasteiger partial charge on any atom is 0.222 e. The van der Waals surface area contributed by atoms with Gasteiger partial charge < -0.3 is 10.6 Å². The molecule has 2 N–H and O–H groups in total. The summed E-state index contributed by atoms with van der Waals surface area (Å²) in [5.41, 5.74) is 5.76. The van der Waals surface area contributed by atoms with Crippen molar-refractivity contribution in [3.63, 3.8) is 0 Å². The van der Waals surface area contributed by atoms with E-state index in [-0.39, 0.29) is 0 Å². The third-order valence-electron chi connectivity index (χ3n) is 3.60. The summed E-state index contributed by atoms with van der Waals surface area (Å²) in [6, 6.07) is 0. The third kappa shape index (κ3) is 5.53. The number of rotatable bonds is 6. The fourth-order valence-electron chi connectivity index (χ4n) is 2.57. The molecule has 0 bridgehead atoms. The molecule has 3 heteroatoms. The molecule has 1 fully saturated rings. The maximum absolute atomic E-state index is 12.0. The van der Waals surface area contributed by atoms with Crippen molar-refractivity contribution in [3.05, 3.63) is 0 Å². The first kappa shape index (κ1) is 14.5. The average Bonchev–Trinajstić information content (AvgIpc) is 2.27. The van der Waals surface area contributed by atoms with Gasteiger partial charge in [0.15, 0.2) is 0 Å². The lowest BCUT2D eigenvalue weighted by molar-refractivity contribution is -0.134. The number of nitrogens with two attached hydrogens (primary N) is 1. The Kier molecular flexibility index (Phi) is 5.96. The lowest BCUT2D eigenvalue weighted by Gasteiger charge is -2.38. The molecular weight excluding hydrogens is 212 g/mol. The molecule has 1 saturated heterocycles. The van der Waals surface area contributed by atoms with Crippen LogP contribution in [0.3, 0.4) is 0 Å². The van der Waals surface area contributed by atoms with E-state index >= 15 is 0 Å². The van der Waals surface area contributed by atoms with E-state index in [1.54, 1.807) is 0 Å². The molecular formula is C14H28N2O. The van der Waals surface area contributed by atoms with Gasteiger partial charge in [-0.3, -0.25) is 4.79 Å². The summed E-state index contributed by atoms with van der Waals surface area (Å²) in [4.78, 5) is 14.1. The molecule has 0 unspecified atom stereocenters. The van der Waals surface area contributed by atoms with Gasteiger partial charge in [-0.05, 0) is 37.6 Å². The molecule has 100 valence electrons. The lowest BCUT2D eigenvalue weighted by Crippen LogP contribution is -2.43. The summed E-state index contributed by atoms with van der Waals surface area (Å²) in [5, 5.41) is 0. The second-order valence-electron chi connectivity index (χ2n) is 6.04. The zero-order valence-electron chi connectivity index (χ0n) is 11.5. The summed E-state index contributed by atoms with van der Waals surface area (Å²) in [6.07, 6.45) is 7.54. The Labute approximate surface area is 106 Å². The number of likely N-dealkylation sites (tertiary alicyclic amines) is 1. The van der Waals surface area contributed by atoms with E-state index in [9.17, 15) is 4.79 Å². The van der Waals surface area contributed by atoms with E-state index < -0.39 is 0 Å². The molecule has 0 atom stereocenters. The van der Waals surface area contributed by atoms with Gasteiger partial charge in [-0.1, -0.05) is 26.7 Å². The van der Waals surface area contributed by atoms with Crippen LogP contribution >= 0.6 is 0 Å². The quantitative estimate of drug-likeness (QED) is 0.725. The minimum Gasteiger partial charge on any atom is -0.342 e. The molecule has 1 rings (SSSR count). The number of nitrogens with zero attached hydrogens (tertiary/aromatic N) is 1. The maximum atomic E-state index is 12.0. The smallest absolute Gasteiger partial charge is 0.222 e. The Morgan fingerprint density at radius 2 is 1.94 bits per heavy atom. The fraction of sp³-hybridized carbons (Fsp3) is 0.929. The first-order valence-electron chi connectivity index (χ1n) is 7.03. The first-order chi connectivity index (χ1) is 8.05. The highest BCUT2D eigenvalue weighted by Gasteiger charge is 2.28. The SMILES string of the molecule is CC1(C)CCCN(C(=O)CCCCCCN)C1. The Balaban J connectivity index is 2.18. The predicted octanol–water partition coefficient (Wildman–Crippen LogP) is 2.54. The van der Waals surface area contributed by atoms with Crippen LogP contribution in [0.5, 0.6) is 0 Å². The summed E-state index contributed by atoms with van der Waals surface area (Å²) in [7, 11) is 0. The zero-order chi connectivity index (χ0) is 12.7. The van der Waals surface area contributed by atoms with E-state index in [0.717, 1.165) is 58.2 Å². The number of amides is 1. The highest BCUT2D eigenvalue weighted by atomic mass is 16.2. The topological polar surface area (TPSA) is 46.3 Å². The monoisotopic (exact) mass is 240 g/mol. The third-order valence-corrected chi connectivity index (χ3v) is 3.60. The minimum atomic E-state index is 0.313. The molecule has 17 heavy (non-hydrogen) atoms. The largest absolute Gasteiger partial charge is 0.342 e. The van der Waals surface area contributed by atoms with E-state index in [1.165, 1.54) is 6.42 Å². The first-order valence-corrected chi connectivity index (χ1v) is 7.03. The molecule has 1 amide bonds. The Bertz CT molecular complexity index is 238. The van der Waals surface area contributed by atoms with Crippen LogP contribution in [0.25, 0.3) is 0 Å². The van der Waals surface area contributed by atoms with Crippen molar-refractivity contribution in [3.8, 4) is 0 Å². The van der Waals surface area contributed by atoms with Crippen LogP contribution in [-0.4, -0.2) is 30.4 Å². The normalized spacial score (nSPS) is 19.4. The Hall–Kier alpha value is -0.570. The van der Waals surface area contributed by atoms with E-state index in [1.807, 2.05) is 0 Å². The number of carbonyl (C=O) groups is 1. The van der Waals surface area contributed by atoms with Crippen molar-refractivity contribution in [2.24, 2.45) is 11.1 Å². The molecule has 1 aliphatic heterocycles. The van der Waals surface area contributed by atoms with Crippen LogP contribution in [0.1, 0.15) is 58.8 Å². The zero-order valence-corrected chi connectivity index (χ0v) is 11.5. The van der Waals surface area contributed by atoms with Gasteiger partial charge in [-0.2, -0.15) is 0 Å². The van der Waals surface area contributed by atoms with Crippen LogP contribution in [0.2, 0.25) is 0 Å². The van der Waals surface area contributed by atoms with Gasteiger partial charge in [0.1, 0.15) is 0 Å². The van der Waals surface area contributed by atoms with Gasteiger partial charge in [0.25, 0.3) is 0 Å². The molecule has 0 saturated carbocycles. The molecule has 0 aromatic carbocycles. The second kappa shape index (κ2) is 7.00. The van der Waals surface area contributed by atoms with Crippen molar-refractivity contribution in [2.45, 2.75) is 58.8 Å². The highest BCUT2D eigenvalue weighted by molar-refractivity contribution is 5.76. The summed E-state index contributed by atoms with van der Waals surface area (Å²) in [6.45, 7) is 7.19. The van der Waals surface area contributed by atoms with E-state index in [2.05, 4.69) is 18.7 Å². The van der Waals surface area contributed by atoms with Crippen LogP contribution in [0.15, 0.2) is 0 Å². The van der Waals surface area contributed by atoms with E-state index in [4.69, 9.17) is 5.73 Å². The summed E-state index contributed by atoms with van der Waals surface area (Å²) in [5.74, 6) is 0.352. The highest BCUT2D eigenvalue weighted by Crippen LogP contribution is 2.28. The van der Waals surface area contributed by atoms with Gasteiger partial charge >= 0.3 is 0 Å². The average molecular weight is 240 g/mol. The summed E-state index contributed by atoms with van der Waals surface area (Å²) >= 11 is 0. The van der Waals surface area contributed by atoms with Crippen LogP contribution in [-0.2, 0) is 4.79 Å². The molecule has 1 aliphatic rings. The molecule has 3 nitrogen and oxygen atoms in total. The Morgan fingerprint density at radius 3 is 2.59 bits per heavy atom. The molecule has 0 aliphatic carbocycles. The van der Waals surface area contributed by atoms with Crippen molar-refractivity contribution >= 4 is 5.91 Å². The number of carbonyl (C=O) groups excluding carboxylic acids is 1. The van der Waals surface area contributed by atoms with Gasteiger partial charge in [-0.25, -0.2) is 0 Å². The standard InChI is InChI=1S/C14H28N2O/c1-14(2)9-7-11-16(12-14)13(17)8-5-3-4-6-10-15/h3-12,15H2,1-2H3. The van der Waals surface area contributed by atoms with Crippen LogP contribution in [0, 0.1) is 5.41 Å². The molecule has 0 radical (unpaired) electrons. The number of hydrogen-bond acceptors (Lipinski definition) is 2. The number of hydrogen-bond donors (Lipinski definition) is 1. The molecule has 0 aromatic heterocycles. The van der Waals surface area contributed by atoms with Crippen molar-refractivity contribution < 1.29 is 4.79 Å². The Morgan fingerprint density at radius 1 is 1.24 bits per heavy atom. The van der Waals surface area contributed by atoms with Crippen molar-refractivity contribution in [1.29, 1.82) is 0 Å². The van der Waals surface area contributed by atoms with Crippen molar-refractivity contribution in [2.75, 3.05) is 19.6 Å². The van der Waals surface area contributed by atoms with Crippen LogP contribution < -0.4 is 5.73 Å². The number of unbranched alkanes of at least 4 members (excludes halogenated alkanes) is 3. The van der Waals surface area contributed by atoms with Gasteiger partial charge in [0.05, 0.1) is 0 Å².